The Bertz CT molecular complexity index is 380. The molecule has 3 nitrogen and oxygen atoms in total. The molecule has 1 N–H and O–H groups in total. The van der Waals surface area contributed by atoms with Crippen LogP contribution in [0.5, 0.6) is 5.75 Å². The second-order valence-electron chi connectivity index (χ2n) is 4.00. The molecule has 1 fully saturated rings. The molecular formula is C12H14O3. The van der Waals surface area contributed by atoms with E-state index in [2.05, 4.69) is 0 Å². The van der Waals surface area contributed by atoms with E-state index in [1.165, 1.54) is 0 Å². The van der Waals surface area contributed by atoms with E-state index in [1.54, 1.807) is 31.4 Å². The number of ketones is 1. The number of aliphatic hydroxyl groups is 1. The molecule has 0 atom stereocenters. The van der Waals surface area contributed by atoms with Crippen molar-refractivity contribution >= 4 is 5.78 Å². The number of benzene rings is 1. The first-order chi connectivity index (χ1) is 7.22. The van der Waals surface area contributed by atoms with Crippen LogP contribution in [0.4, 0.5) is 0 Å². The minimum atomic E-state index is -0.494. The highest BCUT2D eigenvalue weighted by molar-refractivity contribution is 6.02. The zero-order chi connectivity index (χ0) is 10.9. The van der Waals surface area contributed by atoms with Gasteiger partial charge in [-0.05, 0) is 25.0 Å². The van der Waals surface area contributed by atoms with Crippen molar-refractivity contribution in [1.82, 2.24) is 0 Å². The molecule has 1 aromatic carbocycles. The molecule has 0 radical (unpaired) electrons. The van der Waals surface area contributed by atoms with Gasteiger partial charge >= 0.3 is 0 Å². The minimum Gasteiger partial charge on any atom is -0.497 e. The lowest BCUT2D eigenvalue weighted by atomic mass is 9.95. The molecule has 1 aliphatic carbocycles. The van der Waals surface area contributed by atoms with Crippen LogP contribution in [-0.2, 0) is 0 Å². The van der Waals surface area contributed by atoms with Gasteiger partial charge in [-0.15, -0.1) is 0 Å². The average Bonchev–Trinajstić information content (AvgIpc) is 3.09. The van der Waals surface area contributed by atoms with Gasteiger partial charge in [-0.25, -0.2) is 0 Å². The Morgan fingerprint density at radius 2 is 2.27 bits per heavy atom. The zero-order valence-electron chi connectivity index (χ0n) is 8.69. The van der Waals surface area contributed by atoms with Gasteiger partial charge in [0.2, 0.25) is 0 Å². The number of hydrogen-bond acceptors (Lipinski definition) is 3. The van der Waals surface area contributed by atoms with Crippen LogP contribution in [0.1, 0.15) is 23.2 Å². The molecule has 0 aliphatic heterocycles. The van der Waals surface area contributed by atoms with Crippen molar-refractivity contribution in [3.05, 3.63) is 29.8 Å². The van der Waals surface area contributed by atoms with E-state index in [9.17, 15) is 4.79 Å². The van der Waals surface area contributed by atoms with E-state index >= 15 is 0 Å². The maximum Gasteiger partial charge on any atom is 0.171 e. The lowest BCUT2D eigenvalue weighted by molar-refractivity contribution is 0.0829. The van der Waals surface area contributed by atoms with Gasteiger partial charge in [0.05, 0.1) is 19.1 Å². The van der Waals surface area contributed by atoms with Crippen LogP contribution < -0.4 is 4.74 Å². The lowest BCUT2D eigenvalue weighted by Gasteiger charge is -2.10. The van der Waals surface area contributed by atoms with Gasteiger partial charge in [0.25, 0.3) is 0 Å². The van der Waals surface area contributed by atoms with Crippen molar-refractivity contribution in [1.29, 1.82) is 0 Å². The van der Waals surface area contributed by atoms with Gasteiger partial charge < -0.3 is 9.84 Å². The zero-order valence-corrected chi connectivity index (χ0v) is 8.69. The molecule has 1 aliphatic rings. The van der Waals surface area contributed by atoms with Crippen LogP contribution in [0.2, 0.25) is 0 Å². The van der Waals surface area contributed by atoms with Crippen molar-refractivity contribution in [2.24, 2.45) is 5.41 Å². The van der Waals surface area contributed by atoms with Gasteiger partial charge in [0.15, 0.2) is 5.78 Å². The summed E-state index contributed by atoms with van der Waals surface area (Å²) >= 11 is 0. The summed E-state index contributed by atoms with van der Waals surface area (Å²) in [7, 11) is 1.57. The SMILES string of the molecule is COc1cccc(C(=O)C2(CO)CC2)c1. The standard InChI is InChI=1S/C12H14O3/c1-15-10-4-2-3-9(7-10)11(14)12(8-13)5-6-12/h2-4,7,13H,5-6,8H2,1H3. The predicted molar refractivity (Wildman–Crippen MR) is 56.1 cm³/mol. The fourth-order valence-corrected chi connectivity index (χ4v) is 1.68. The first kappa shape index (κ1) is 10.2. The first-order valence-corrected chi connectivity index (χ1v) is 5.01. The Labute approximate surface area is 88.7 Å². The molecule has 1 aromatic rings. The van der Waals surface area contributed by atoms with E-state index in [-0.39, 0.29) is 12.4 Å². The number of aliphatic hydroxyl groups excluding tert-OH is 1. The number of carbonyl (C=O) groups is 1. The molecule has 1 saturated carbocycles. The molecular weight excluding hydrogens is 192 g/mol. The van der Waals surface area contributed by atoms with Gasteiger partial charge in [0.1, 0.15) is 5.75 Å². The van der Waals surface area contributed by atoms with Gasteiger partial charge in [-0.3, -0.25) is 4.79 Å². The number of methoxy groups -OCH3 is 1. The molecule has 0 saturated heterocycles. The molecule has 0 unspecified atom stereocenters. The molecule has 15 heavy (non-hydrogen) atoms. The van der Waals surface area contributed by atoms with E-state index < -0.39 is 5.41 Å². The molecule has 0 spiro atoms. The molecule has 3 heteroatoms. The number of Topliss-reactive ketones (excluding diaryl/α,β-unsaturated/α-hetero) is 1. The quantitative estimate of drug-likeness (QED) is 0.762. The fraction of sp³-hybridized carbons (Fsp3) is 0.417. The summed E-state index contributed by atoms with van der Waals surface area (Å²) in [5, 5.41) is 9.16. The van der Waals surface area contributed by atoms with E-state index in [4.69, 9.17) is 9.84 Å². The van der Waals surface area contributed by atoms with Crippen LogP contribution in [0, 0.1) is 5.41 Å². The highest BCUT2D eigenvalue weighted by Gasteiger charge is 2.49. The van der Waals surface area contributed by atoms with Crippen LogP contribution in [-0.4, -0.2) is 24.6 Å². The number of ether oxygens (including phenoxy) is 1. The van der Waals surface area contributed by atoms with E-state index in [1.807, 2.05) is 0 Å². The number of rotatable bonds is 4. The van der Waals surface area contributed by atoms with Crippen LogP contribution in [0.3, 0.4) is 0 Å². The Morgan fingerprint density at radius 3 is 2.80 bits per heavy atom. The van der Waals surface area contributed by atoms with E-state index in [0.29, 0.717) is 11.3 Å². The van der Waals surface area contributed by atoms with Crippen molar-refractivity contribution in [3.63, 3.8) is 0 Å². The smallest absolute Gasteiger partial charge is 0.171 e. The largest absolute Gasteiger partial charge is 0.497 e. The van der Waals surface area contributed by atoms with Crippen molar-refractivity contribution in [3.8, 4) is 5.75 Å². The van der Waals surface area contributed by atoms with Crippen molar-refractivity contribution in [2.75, 3.05) is 13.7 Å². The van der Waals surface area contributed by atoms with Crippen LogP contribution in [0.25, 0.3) is 0 Å². The van der Waals surface area contributed by atoms with Gasteiger partial charge in [-0.1, -0.05) is 12.1 Å². The second-order valence-corrected chi connectivity index (χ2v) is 4.00. The van der Waals surface area contributed by atoms with Gasteiger partial charge in [0, 0.05) is 5.56 Å². The summed E-state index contributed by atoms with van der Waals surface area (Å²) in [6.45, 7) is -0.0525. The summed E-state index contributed by atoms with van der Waals surface area (Å²) in [5.74, 6) is 0.707. The van der Waals surface area contributed by atoms with Crippen molar-refractivity contribution in [2.45, 2.75) is 12.8 Å². The number of carbonyl (C=O) groups excluding carboxylic acids is 1. The normalized spacial score (nSPS) is 17.2. The average molecular weight is 206 g/mol. The highest BCUT2D eigenvalue weighted by atomic mass is 16.5. The Balaban J connectivity index is 2.26. The highest BCUT2D eigenvalue weighted by Crippen LogP contribution is 2.47. The Kier molecular flexibility index (Phi) is 2.49. The molecule has 0 bridgehead atoms. The maximum atomic E-state index is 12.0. The van der Waals surface area contributed by atoms with Crippen LogP contribution >= 0.6 is 0 Å². The maximum absolute atomic E-state index is 12.0. The fourth-order valence-electron chi connectivity index (χ4n) is 1.68. The molecule has 0 amide bonds. The summed E-state index contributed by atoms with van der Waals surface area (Å²) in [5.41, 5.74) is 0.132. The summed E-state index contributed by atoms with van der Waals surface area (Å²) in [6, 6.07) is 7.08. The third kappa shape index (κ3) is 1.75. The molecule has 0 aromatic heterocycles. The monoisotopic (exact) mass is 206 g/mol. The summed E-state index contributed by atoms with van der Waals surface area (Å²) in [6.07, 6.45) is 1.58. The molecule has 0 heterocycles. The minimum absolute atomic E-state index is 0.0314. The Hall–Kier alpha value is -1.35. The Morgan fingerprint density at radius 1 is 1.53 bits per heavy atom. The third-order valence-electron chi connectivity index (χ3n) is 2.97. The number of hydrogen-bond donors (Lipinski definition) is 1. The lowest BCUT2D eigenvalue weighted by Crippen LogP contribution is -2.19. The predicted octanol–water partition coefficient (Wildman–Crippen LogP) is 1.65. The van der Waals surface area contributed by atoms with Crippen LogP contribution in [0.15, 0.2) is 24.3 Å². The van der Waals surface area contributed by atoms with Crippen molar-refractivity contribution < 1.29 is 14.6 Å². The summed E-state index contributed by atoms with van der Waals surface area (Å²) in [4.78, 5) is 12.0. The van der Waals surface area contributed by atoms with Gasteiger partial charge in [-0.2, -0.15) is 0 Å². The first-order valence-electron chi connectivity index (χ1n) is 5.01. The topological polar surface area (TPSA) is 46.5 Å². The van der Waals surface area contributed by atoms with E-state index in [0.717, 1.165) is 12.8 Å². The second kappa shape index (κ2) is 3.66. The molecule has 80 valence electrons. The summed E-state index contributed by atoms with van der Waals surface area (Å²) < 4.78 is 5.06. The molecule has 2 rings (SSSR count). The third-order valence-corrected chi connectivity index (χ3v) is 2.97.